The number of halogens is 2. The lowest BCUT2D eigenvalue weighted by Gasteiger charge is -2.03. The molecule has 17 heavy (non-hydrogen) atoms. The third-order valence-electron chi connectivity index (χ3n) is 2.09. The van der Waals surface area contributed by atoms with Crippen molar-refractivity contribution in [3.05, 3.63) is 50.6 Å². The van der Waals surface area contributed by atoms with Gasteiger partial charge in [-0.2, -0.15) is 0 Å². The van der Waals surface area contributed by atoms with Gasteiger partial charge >= 0.3 is 0 Å². The van der Waals surface area contributed by atoms with Gasteiger partial charge in [0, 0.05) is 15.6 Å². The molecule has 0 atom stereocenters. The minimum absolute atomic E-state index is 0.0640. The Morgan fingerprint density at radius 1 is 1.12 bits per heavy atom. The van der Waals surface area contributed by atoms with E-state index in [4.69, 9.17) is 23.2 Å². The zero-order valence-electron chi connectivity index (χ0n) is 8.74. The van der Waals surface area contributed by atoms with E-state index in [0.29, 0.717) is 15.8 Å². The predicted octanol–water partition coefficient (Wildman–Crippen LogP) is 4.24. The Labute approximate surface area is 113 Å². The van der Waals surface area contributed by atoms with Gasteiger partial charge < -0.3 is 5.32 Å². The van der Waals surface area contributed by atoms with Gasteiger partial charge in [-0.05, 0) is 36.4 Å². The highest BCUT2D eigenvalue weighted by Gasteiger charge is 2.06. The van der Waals surface area contributed by atoms with Crippen LogP contribution in [0.4, 0.5) is 5.69 Å². The SMILES string of the molecule is O=C(Cc1ccc(Cl)s1)Nc1ccc(Cl)cc1. The van der Waals surface area contributed by atoms with Crippen LogP contribution in [0, 0.1) is 0 Å². The molecule has 1 heterocycles. The number of rotatable bonds is 3. The summed E-state index contributed by atoms with van der Waals surface area (Å²) in [5.74, 6) is -0.0640. The van der Waals surface area contributed by atoms with E-state index in [2.05, 4.69) is 5.32 Å². The summed E-state index contributed by atoms with van der Waals surface area (Å²) in [7, 11) is 0. The molecular formula is C12H9Cl2NOS. The molecule has 1 N–H and O–H groups in total. The highest BCUT2D eigenvalue weighted by Crippen LogP contribution is 2.22. The average Bonchev–Trinajstić information content (AvgIpc) is 2.67. The van der Waals surface area contributed by atoms with Crippen LogP contribution in [0.5, 0.6) is 0 Å². The first-order valence-electron chi connectivity index (χ1n) is 4.93. The molecule has 5 heteroatoms. The number of anilines is 1. The second-order valence-corrected chi connectivity index (χ2v) is 5.67. The van der Waals surface area contributed by atoms with E-state index in [1.807, 2.05) is 6.07 Å². The third kappa shape index (κ3) is 3.73. The van der Waals surface area contributed by atoms with Crippen molar-refractivity contribution in [2.75, 3.05) is 5.32 Å². The Balaban J connectivity index is 1.95. The van der Waals surface area contributed by atoms with Gasteiger partial charge in [0.25, 0.3) is 0 Å². The summed E-state index contributed by atoms with van der Waals surface area (Å²) in [5.41, 5.74) is 0.738. The van der Waals surface area contributed by atoms with E-state index >= 15 is 0 Å². The molecule has 0 radical (unpaired) electrons. The van der Waals surface area contributed by atoms with Gasteiger partial charge in [-0.25, -0.2) is 0 Å². The van der Waals surface area contributed by atoms with Crippen LogP contribution < -0.4 is 5.32 Å². The second kappa shape index (κ2) is 5.54. The van der Waals surface area contributed by atoms with Gasteiger partial charge in [0.1, 0.15) is 0 Å². The number of benzene rings is 1. The number of nitrogens with one attached hydrogen (secondary N) is 1. The first-order chi connectivity index (χ1) is 8.13. The fraction of sp³-hybridized carbons (Fsp3) is 0.0833. The largest absolute Gasteiger partial charge is 0.326 e. The minimum atomic E-state index is -0.0640. The van der Waals surface area contributed by atoms with Crippen molar-refractivity contribution in [1.82, 2.24) is 0 Å². The highest BCUT2D eigenvalue weighted by molar-refractivity contribution is 7.16. The van der Waals surface area contributed by atoms with E-state index in [1.54, 1.807) is 30.3 Å². The number of carbonyl (C=O) groups is 1. The molecule has 0 bridgehead atoms. The molecule has 2 aromatic rings. The molecule has 0 aliphatic carbocycles. The zero-order valence-corrected chi connectivity index (χ0v) is 11.1. The van der Waals surface area contributed by atoms with Crippen molar-refractivity contribution in [2.45, 2.75) is 6.42 Å². The van der Waals surface area contributed by atoms with Crippen LogP contribution in [0.1, 0.15) is 4.88 Å². The number of hydrogen-bond acceptors (Lipinski definition) is 2. The molecule has 1 amide bonds. The first-order valence-corrected chi connectivity index (χ1v) is 6.50. The molecule has 1 aromatic heterocycles. The minimum Gasteiger partial charge on any atom is -0.326 e. The van der Waals surface area contributed by atoms with Crippen molar-refractivity contribution in [3.8, 4) is 0 Å². The maximum atomic E-state index is 11.7. The summed E-state index contributed by atoms with van der Waals surface area (Å²) in [4.78, 5) is 12.6. The van der Waals surface area contributed by atoms with Crippen LogP contribution in [-0.2, 0) is 11.2 Å². The smallest absolute Gasteiger partial charge is 0.229 e. The molecule has 0 spiro atoms. The van der Waals surface area contributed by atoms with Gasteiger partial charge in [-0.1, -0.05) is 23.2 Å². The van der Waals surface area contributed by atoms with Crippen LogP contribution >= 0.6 is 34.5 Å². The van der Waals surface area contributed by atoms with Crippen molar-refractivity contribution >= 4 is 46.1 Å². The fourth-order valence-corrected chi connectivity index (χ4v) is 2.56. The Kier molecular flexibility index (Phi) is 4.05. The van der Waals surface area contributed by atoms with Crippen LogP contribution in [-0.4, -0.2) is 5.91 Å². The lowest BCUT2D eigenvalue weighted by molar-refractivity contribution is -0.115. The van der Waals surface area contributed by atoms with E-state index < -0.39 is 0 Å². The Hall–Kier alpha value is -1.03. The van der Waals surface area contributed by atoms with Gasteiger partial charge in [0.05, 0.1) is 10.8 Å². The van der Waals surface area contributed by atoms with Crippen molar-refractivity contribution in [1.29, 1.82) is 0 Å². The molecular weight excluding hydrogens is 277 g/mol. The first kappa shape index (κ1) is 12.4. The van der Waals surface area contributed by atoms with Gasteiger partial charge in [0.15, 0.2) is 0 Å². The Morgan fingerprint density at radius 3 is 2.41 bits per heavy atom. The van der Waals surface area contributed by atoms with Crippen molar-refractivity contribution < 1.29 is 4.79 Å². The molecule has 0 aliphatic heterocycles. The quantitative estimate of drug-likeness (QED) is 0.898. The van der Waals surface area contributed by atoms with E-state index in [1.165, 1.54) is 11.3 Å². The summed E-state index contributed by atoms with van der Waals surface area (Å²) >= 11 is 13.0. The summed E-state index contributed by atoms with van der Waals surface area (Å²) < 4.78 is 0.694. The van der Waals surface area contributed by atoms with Crippen LogP contribution in [0.25, 0.3) is 0 Å². The van der Waals surface area contributed by atoms with E-state index in [9.17, 15) is 4.79 Å². The topological polar surface area (TPSA) is 29.1 Å². The summed E-state index contributed by atoms with van der Waals surface area (Å²) in [6.45, 7) is 0. The molecule has 88 valence electrons. The van der Waals surface area contributed by atoms with Crippen molar-refractivity contribution in [3.63, 3.8) is 0 Å². The van der Waals surface area contributed by atoms with Gasteiger partial charge in [0.2, 0.25) is 5.91 Å². The van der Waals surface area contributed by atoms with E-state index in [0.717, 1.165) is 10.6 Å². The molecule has 0 aliphatic rings. The monoisotopic (exact) mass is 285 g/mol. The second-order valence-electron chi connectivity index (χ2n) is 3.44. The zero-order chi connectivity index (χ0) is 12.3. The van der Waals surface area contributed by atoms with Crippen LogP contribution in [0.15, 0.2) is 36.4 Å². The molecule has 1 aromatic carbocycles. The Morgan fingerprint density at radius 2 is 1.82 bits per heavy atom. The fourth-order valence-electron chi connectivity index (χ4n) is 1.34. The van der Waals surface area contributed by atoms with Gasteiger partial charge in [-0.3, -0.25) is 4.79 Å². The highest BCUT2D eigenvalue weighted by atomic mass is 35.5. The van der Waals surface area contributed by atoms with Crippen LogP contribution in [0.3, 0.4) is 0 Å². The standard InChI is InChI=1S/C12H9Cl2NOS/c13-8-1-3-9(4-2-8)15-12(16)7-10-5-6-11(14)17-10/h1-6H,7H2,(H,15,16). The lowest BCUT2D eigenvalue weighted by atomic mass is 10.3. The molecule has 0 saturated heterocycles. The third-order valence-corrected chi connectivity index (χ3v) is 3.57. The molecule has 0 unspecified atom stereocenters. The molecule has 2 nitrogen and oxygen atoms in total. The number of amides is 1. The maximum Gasteiger partial charge on any atom is 0.229 e. The van der Waals surface area contributed by atoms with Crippen molar-refractivity contribution in [2.24, 2.45) is 0 Å². The summed E-state index contributed by atoms with van der Waals surface area (Å²) in [6, 6.07) is 10.6. The summed E-state index contributed by atoms with van der Waals surface area (Å²) in [5, 5.41) is 3.44. The summed E-state index contributed by atoms with van der Waals surface area (Å²) in [6.07, 6.45) is 0.333. The number of carbonyl (C=O) groups excluding carboxylic acids is 1. The average molecular weight is 286 g/mol. The molecule has 2 rings (SSSR count). The number of hydrogen-bond donors (Lipinski definition) is 1. The van der Waals surface area contributed by atoms with Gasteiger partial charge in [-0.15, -0.1) is 11.3 Å². The van der Waals surface area contributed by atoms with Crippen LogP contribution in [0.2, 0.25) is 9.36 Å². The Bertz CT molecular complexity index is 522. The normalized spacial score (nSPS) is 10.2. The number of thiophene rings is 1. The maximum absolute atomic E-state index is 11.7. The molecule has 0 saturated carbocycles. The molecule has 0 fully saturated rings. The van der Waals surface area contributed by atoms with E-state index in [-0.39, 0.29) is 5.91 Å². The lowest BCUT2D eigenvalue weighted by Crippen LogP contribution is -2.13. The predicted molar refractivity (Wildman–Crippen MR) is 73.1 cm³/mol.